The van der Waals surface area contributed by atoms with Crippen LogP contribution in [0.5, 0.6) is 17.4 Å². The molecule has 0 atom stereocenters. The van der Waals surface area contributed by atoms with Crippen molar-refractivity contribution in [3.63, 3.8) is 0 Å². The number of non-ortho nitro benzene ring substituents is 1. The maximum absolute atomic E-state index is 13.2. The van der Waals surface area contributed by atoms with E-state index in [9.17, 15) is 136 Å². The number of phenolic OH excluding ortho intramolecular Hbond substituents is 2. The third-order valence-corrected chi connectivity index (χ3v) is 18.2. The van der Waals surface area contributed by atoms with Crippen LogP contribution in [0.25, 0.3) is 27.2 Å². The highest BCUT2D eigenvalue weighted by Gasteiger charge is 2.33. The fraction of sp³-hybridized carbons (Fsp3) is 0. The lowest BCUT2D eigenvalue weighted by Crippen LogP contribution is -2.04. The van der Waals surface area contributed by atoms with Gasteiger partial charge < -0.3 is 26.2 Å². The third-order valence-electron chi connectivity index (χ3n) is 12.0. The number of nitrogen functional groups attached to an aromatic ring is 1. The van der Waals surface area contributed by atoms with Crippen molar-refractivity contribution >= 4 is 161 Å². The molecule has 0 aliphatic heterocycles. The molecule has 0 bridgehead atoms. The Labute approximate surface area is 508 Å². The molecule has 0 fully saturated rings. The monoisotopic (exact) mass is 1420 g/mol. The summed E-state index contributed by atoms with van der Waals surface area (Å²) in [5, 5.41) is 94.4. The molecule has 1 aromatic heterocycles. The van der Waals surface area contributed by atoms with Gasteiger partial charge in [-0.15, -0.1) is 40.9 Å². The van der Waals surface area contributed by atoms with E-state index in [0.29, 0.717) is 28.9 Å². The van der Waals surface area contributed by atoms with Crippen LogP contribution in [0.4, 0.5) is 62.6 Å². The number of carboxylic acids is 1. The molecule has 43 nitrogen and oxygen atoms in total. The second kappa shape index (κ2) is 23.4. The van der Waals surface area contributed by atoms with Crippen LogP contribution in [0.3, 0.4) is 0 Å². The average molecular weight is 1420 g/mol. The molecule has 0 unspecified atom stereocenters. The van der Waals surface area contributed by atoms with E-state index in [4.69, 9.17) is 5.73 Å². The maximum atomic E-state index is 13.2. The first-order chi connectivity index (χ1) is 42.2. The average Bonchev–Trinajstić information content (AvgIpc) is 1.67. The highest BCUT2D eigenvalue weighted by Crippen LogP contribution is 2.51. The molecule has 482 valence electrons. The van der Waals surface area contributed by atoms with Crippen LogP contribution >= 0.6 is 0 Å². The van der Waals surface area contributed by atoms with Gasteiger partial charge in [0.2, 0.25) is 11.6 Å². The van der Waals surface area contributed by atoms with Gasteiger partial charge >= 0.3 is 5.97 Å². The number of nitro groups is 2. The summed E-state index contributed by atoms with van der Waals surface area (Å²) in [5.41, 5.74) is -8.52. The van der Waals surface area contributed by atoms with E-state index < -0.39 is 228 Å². The molecule has 0 spiro atoms. The van der Waals surface area contributed by atoms with E-state index in [2.05, 4.69) is 46.0 Å². The number of rotatable bonds is 19. The SMILES string of the molecule is Nc1c(N=Nc2ccc3c(O)c(N=Nc4cc(/N=N/c5c(C(=O)O)nn(-c6ccc(S(=O)(=O)O)cc6)c5O)c(S(=O)(=O)O)cc4[N+](=O)[O-])c(S(=O)(=O)O)cc3c2S(=O)(=O)O)cc(S(=O)(=O)O)c2cc(S(=O)(=O)O)c(N=Nc3ccc([N+](=O)[O-])cc3S(=O)(=O)O)c(O)c12. The first-order valence-corrected chi connectivity index (χ1v) is 33.0. The Hall–Kier alpha value is -10.5. The van der Waals surface area contributed by atoms with Crippen molar-refractivity contribution in [2.75, 3.05) is 5.73 Å². The van der Waals surface area contributed by atoms with Crippen molar-refractivity contribution in [2.24, 2.45) is 40.9 Å². The summed E-state index contributed by atoms with van der Waals surface area (Å²) in [6.45, 7) is 0. The summed E-state index contributed by atoms with van der Waals surface area (Å²) in [6, 6.07) is 6.88. The molecule has 13 N–H and O–H groups in total. The predicted molar refractivity (Wildman–Crippen MR) is 299 cm³/mol. The largest absolute Gasteiger partial charge is 0.505 e. The molecular weight excluding hydrogens is 1390 g/mol. The zero-order valence-corrected chi connectivity index (χ0v) is 49.3. The number of benzene rings is 7. The standard InChI is InChI=1S/C42H27N13O30S7/c43-33-25(13-27(87(68,69)70)20-11-31(91(80,81)82)35(39(57)32(20)33)50-44-21-7-3-16(54(61)62)9-28(21)88(71,72)73)48-45-22-8-6-18-19(40(22)92(83,84)85)10-30(90(77,78)79)34(38(18)56)49-46-23-12-24(29(89(74,75)76)14-26(23)55(63)64)47-51-36-37(42(59)60)52-53(41(36)58)15-1-4-17(5-2-15)86(65,66)67/h1-14,56-58H,43H2,(H,59,60)(H,65,66,67)(H,68,69,70)(H,71,72,73)(H,74,75,76)(H,77,78,79)(H,80,81,82)(H,83,84,85)/b48-45?,49-46?,50-44?,51-47+. The van der Waals surface area contributed by atoms with E-state index in [0.717, 1.165) is 24.3 Å². The number of azo groups is 4. The molecule has 0 saturated carbocycles. The van der Waals surface area contributed by atoms with E-state index in [1.165, 1.54) is 0 Å². The zero-order chi connectivity index (χ0) is 68.7. The van der Waals surface area contributed by atoms with E-state index in [-0.39, 0.29) is 42.1 Å². The van der Waals surface area contributed by atoms with Gasteiger partial charge in [0.25, 0.3) is 82.2 Å². The minimum absolute atomic E-state index is 0.0362. The highest BCUT2D eigenvalue weighted by molar-refractivity contribution is 7.87. The number of nitro benzene ring substituents is 2. The number of carboxylic acid groups (broad SMARTS) is 1. The topological polar surface area (TPSA) is 708 Å². The van der Waals surface area contributed by atoms with Crippen molar-refractivity contribution in [3.05, 3.63) is 111 Å². The molecule has 92 heavy (non-hydrogen) atoms. The Balaban J connectivity index is 1.28. The van der Waals surface area contributed by atoms with Gasteiger partial charge in [0.15, 0.2) is 22.9 Å². The number of phenols is 2. The molecule has 50 heteroatoms. The first-order valence-electron chi connectivity index (χ1n) is 22.9. The second-order valence-corrected chi connectivity index (χ2v) is 27.4. The molecule has 0 aliphatic carbocycles. The quantitative estimate of drug-likeness (QED) is 0.0130. The first kappa shape index (κ1) is 67.4. The molecule has 0 saturated heterocycles. The number of hydrogen-bond donors (Lipinski definition) is 12. The van der Waals surface area contributed by atoms with Crippen LogP contribution in [0.1, 0.15) is 10.5 Å². The van der Waals surface area contributed by atoms with Gasteiger partial charge in [0, 0.05) is 40.4 Å². The van der Waals surface area contributed by atoms with Crippen molar-refractivity contribution in [1.29, 1.82) is 0 Å². The molecule has 0 radical (unpaired) electrons. The number of aromatic carboxylic acids is 1. The van der Waals surface area contributed by atoms with E-state index >= 15 is 0 Å². The second-order valence-electron chi connectivity index (χ2n) is 17.7. The summed E-state index contributed by atoms with van der Waals surface area (Å²) in [7, 11) is -39.1. The summed E-state index contributed by atoms with van der Waals surface area (Å²) in [5.74, 6) is -6.37. The van der Waals surface area contributed by atoms with Crippen LogP contribution in [0.15, 0.2) is 160 Å². The minimum atomic E-state index is -5.92. The van der Waals surface area contributed by atoms with Crippen molar-refractivity contribution in [3.8, 4) is 23.1 Å². The Kier molecular flexibility index (Phi) is 17.1. The van der Waals surface area contributed by atoms with E-state index in [1.807, 2.05) is 0 Å². The number of aromatic hydroxyl groups is 3. The van der Waals surface area contributed by atoms with Crippen LogP contribution in [0, 0.1) is 20.2 Å². The van der Waals surface area contributed by atoms with Crippen molar-refractivity contribution < 1.29 is 126 Å². The summed E-state index contributed by atoms with van der Waals surface area (Å²) < 4.78 is 246. The molecule has 0 aliphatic rings. The lowest BCUT2D eigenvalue weighted by Gasteiger charge is -2.15. The molecule has 7 aromatic carbocycles. The van der Waals surface area contributed by atoms with E-state index in [1.54, 1.807) is 0 Å². The van der Waals surface area contributed by atoms with Crippen molar-refractivity contribution in [2.45, 2.75) is 34.3 Å². The number of fused-ring (bicyclic) bond motifs is 2. The van der Waals surface area contributed by atoms with Gasteiger partial charge in [-0.2, -0.15) is 68.7 Å². The summed E-state index contributed by atoms with van der Waals surface area (Å²) >= 11 is 0. The van der Waals surface area contributed by atoms with Crippen LogP contribution in [-0.4, -0.2) is 137 Å². The number of nitrogens with two attached hydrogens (primary N) is 1. The molecule has 8 aromatic rings. The number of anilines is 1. The highest BCUT2D eigenvalue weighted by atomic mass is 32.2. The van der Waals surface area contributed by atoms with Gasteiger partial charge in [-0.05, 0) is 60.7 Å². The molecule has 8 rings (SSSR count). The fourth-order valence-corrected chi connectivity index (χ4v) is 12.6. The molecular formula is C42H27N13O30S7. The normalized spacial score (nSPS) is 13.2. The van der Waals surface area contributed by atoms with Crippen LogP contribution in [0.2, 0.25) is 0 Å². The zero-order valence-electron chi connectivity index (χ0n) is 43.6. The van der Waals surface area contributed by atoms with Crippen molar-refractivity contribution in [1.82, 2.24) is 9.78 Å². The number of hydrogen-bond acceptors (Lipinski definition) is 32. The van der Waals surface area contributed by atoms with Gasteiger partial charge in [0.1, 0.15) is 63.5 Å². The third kappa shape index (κ3) is 13.4. The molecule has 0 amide bonds. The molecule has 1 heterocycles. The lowest BCUT2D eigenvalue weighted by molar-refractivity contribution is -0.385. The van der Waals surface area contributed by atoms with Crippen LogP contribution < -0.4 is 5.73 Å². The number of aromatic nitrogens is 2. The summed E-state index contributed by atoms with van der Waals surface area (Å²) in [4.78, 5) is 23.4. The van der Waals surface area contributed by atoms with Gasteiger partial charge in [-0.1, -0.05) is 0 Å². The maximum Gasteiger partial charge on any atom is 0.358 e. The minimum Gasteiger partial charge on any atom is -0.505 e. The van der Waals surface area contributed by atoms with Crippen LogP contribution in [-0.2, 0) is 70.8 Å². The van der Waals surface area contributed by atoms with Gasteiger partial charge in [-0.3, -0.25) is 52.1 Å². The Morgan fingerprint density at radius 2 is 0.935 bits per heavy atom. The van der Waals surface area contributed by atoms with Gasteiger partial charge in [-0.25, -0.2) is 4.79 Å². The Morgan fingerprint density at radius 3 is 1.45 bits per heavy atom. The Bertz CT molecular complexity index is 5630. The van der Waals surface area contributed by atoms with Gasteiger partial charge in [0.05, 0.1) is 31.5 Å². The fourth-order valence-electron chi connectivity index (χ4n) is 8.08. The number of carbonyl (C=O) groups is 1. The number of nitrogens with zero attached hydrogens (tertiary/aromatic N) is 12. The smallest absolute Gasteiger partial charge is 0.358 e. The lowest BCUT2D eigenvalue weighted by atomic mass is 10.0. The summed E-state index contributed by atoms with van der Waals surface area (Å²) in [6.07, 6.45) is 0. The predicted octanol–water partition coefficient (Wildman–Crippen LogP) is 6.78. The Morgan fingerprint density at radius 1 is 0.457 bits per heavy atom.